The Morgan fingerprint density at radius 3 is 1.50 bits per heavy atom. The summed E-state index contributed by atoms with van der Waals surface area (Å²) in [6.07, 6.45) is 0. The number of rotatable bonds is 0. The van der Waals surface area contributed by atoms with Crippen LogP contribution in [0.2, 0.25) is 0 Å². The second kappa shape index (κ2) is 2.78. The molecule has 38 valence electrons. The van der Waals surface area contributed by atoms with Crippen LogP contribution in [0.3, 0.4) is 0 Å². The predicted molar refractivity (Wildman–Crippen MR) is 24.3 cm³/mol. The first-order valence-corrected chi connectivity index (χ1v) is 2.25. The average Bonchev–Trinajstić information content (AvgIpc) is 0.722. The normalized spacial score (nSPS) is 9.67. The maximum atomic E-state index is 8.97. The van der Waals surface area contributed by atoms with E-state index in [1.54, 1.807) is 0 Å². The molecule has 0 aliphatic heterocycles. The van der Waals surface area contributed by atoms with Crippen molar-refractivity contribution in [1.82, 2.24) is 0 Å². The minimum atomic E-state index is -4.17. The van der Waals surface area contributed by atoms with E-state index in [9.17, 15) is 0 Å². The Morgan fingerprint density at radius 2 is 1.50 bits per heavy atom. The van der Waals surface area contributed by atoms with E-state index in [1.165, 1.54) is 0 Å². The Kier molecular flexibility index (Phi) is 4.55. The van der Waals surface area contributed by atoms with Gasteiger partial charge in [0.2, 0.25) is 0 Å². The van der Waals surface area contributed by atoms with E-state index in [0.717, 1.165) is 0 Å². The van der Waals surface area contributed by atoms with Crippen molar-refractivity contribution in [2.45, 2.75) is 0 Å². The van der Waals surface area contributed by atoms with Crippen LogP contribution in [0.25, 0.3) is 0 Å². The topological polar surface area (TPSA) is 80.4 Å². The van der Waals surface area contributed by atoms with Crippen LogP contribution in [0, 0.1) is 0 Å². The molecule has 0 aliphatic carbocycles. The fourth-order valence-electron chi connectivity index (χ4n) is 0. The number of hydrogen-bond donors (Lipinski definition) is 2. The second-order valence-electron chi connectivity index (χ2n) is 0.515. The van der Waals surface area contributed by atoms with Gasteiger partial charge in [0.05, 0.1) is 0 Å². The minimum absolute atomic E-state index is 0. The molecule has 0 bridgehead atoms. The first-order chi connectivity index (χ1) is 2.00. The van der Waals surface area contributed by atoms with Crippen LogP contribution in [0.15, 0.2) is 0 Å². The van der Waals surface area contributed by atoms with Crippen molar-refractivity contribution in [2.24, 2.45) is 5.14 Å². The molecule has 4 nitrogen and oxygen atoms in total. The molecule has 0 amide bonds. The molecule has 0 saturated heterocycles. The van der Waals surface area contributed by atoms with E-state index in [2.05, 4.69) is 5.14 Å². The summed E-state index contributed by atoms with van der Waals surface area (Å²) in [7, 11) is -4.17. The molecular formula is H5NO3SSn. The van der Waals surface area contributed by atoms with Crippen LogP contribution in [0.4, 0.5) is 0 Å². The molecule has 0 aromatic heterocycles. The molecule has 0 atom stereocenters. The Hall–Kier alpha value is 0.669. The SMILES string of the molecule is NS(=O)(=O)O.[SnH2]. The molecule has 0 saturated carbocycles. The third-order valence-corrected chi connectivity index (χ3v) is 0. The Bertz CT molecular complexity index is 94.0. The summed E-state index contributed by atoms with van der Waals surface area (Å²) in [6.45, 7) is 0. The van der Waals surface area contributed by atoms with Crippen molar-refractivity contribution in [2.75, 3.05) is 0 Å². The van der Waals surface area contributed by atoms with Gasteiger partial charge in [0.1, 0.15) is 0 Å². The predicted octanol–water partition coefficient (Wildman–Crippen LogP) is -2.17. The van der Waals surface area contributed by atoms with Gasteiger partial charge in [-0.25, -0.2) is 5.14 Å². The van der Waals surface area contributed by atoms with Crippen molar-refractivity contribution in [1.29, 1.82) is 0 Å². The van der Waals surface area contributed by atoms with E-state index in [-0.39, 0.29) is 23.9 Å². The first kappa shape index (κ1) is 9.83. The van der Waals surface area contributed by atoms with Crippen LogP contribution >= 0.6 is 0 Å². The van der Waals surface area contributed by atoms with E-state index in [0.29, 0.717) is 0 Å². The van der Waals surface area contributed by atoms with Gasteiger partial charge in [-0.05, 0) is 0 Å². The average molecular weight is 218 g/mol. The Labute approximate surface area is 52.6 Å². The molecule has 6 heavy (non-hydrogen) atoms. The van der Waals surface area contributed by atoms with E-state index >= 15 is 0 Å². The molecule has 0 unspecified atom stereocenters. The van der Waals surface area contributed by atoms with Crippen molar-refractivity contribution in [3.05, 3.63) is 0 Å². The molecule has 0 spiro atoms. The Balaban J connectivity index is 0. The molecular weight excluding hydrogens is 213 g/mol. The second-order valence-corrected chi connectivity index (χ2v) is 1.54. The quantitative estimate of drug-likeness (QED) is 0.358. The number of nitrogens with two attached hydrogens (primary N) is 1. The number of hydrogen-bond acceptors (Lipinski definition) is 2. The maximum absolute atomic E-state index is 8.97. The van der Waals surface area contributed by atoms with Gasteiger partial charge in [-0.2, -0.15) is 8.42 Å². The van der Waals surface area contributed by atoms with Crippen LogP contribution in [0.5, 0.6) is 0 Å². The van der Waals surface area contributed by atoms with Crippen molar-refractivity contribution in [3.63, 3.8) is 0 Å². The van der Waals surface area contributed by atoms with E-state index < -0.39 is 10.3 Å². The van der Waals surface area contributed by atoms with Crippen molar-refractivity contribution in [3.8, 4) is 0 Å². The molecule has 0 fully saturated rings. The van der Waals surface area contributed by atoms with Gasteiger partial charge in [-0.1, -0.05) is 0 Å². The van der Waals surface area contributed by atoms with Gasteiger partial charge >= 0.3 is 34.2 Å². The molecule has 6 heteroatoms. The van der Waals surface area contributed by atoms with E-state index in [4.69, 9.17) is 13.0 Å². The molecule has 0 aliphatic rings. The van der Waals surface area contributed by atoms with Gasteiger partial charge in [0.15, 0.2) is 0 Å². The molecule has 3 N–H and O–H groups in total. The zero-order valence-corrected chi connectivity index (χ0v) is 7.81. The van der Waals surface area contributed by atoms with Crippen LogP contribution in [0.1, 0.15) is 0 Å². The molecule has 0 heterocycles. The fourth-order valence-corrected chi connectivity index (χ4v) is 0. The first-order valence-electron chi connectivity index (χ1n) is 0.752. The summed E-state index contributed by atoms with van der Waals surface area (Å²) < 4.78 is 25.2. The van der Waals surface area contributed by atoms with Gasteiger partial charge in [-0.3, -0.25) is 4.55 Å². The summed E-state index contributed by atoms with van der Waals surface area (Å²) in [6, 6.07) is 0. The van der Waals surface area contributed by atoms with E-state index in [1.807, 2.05) is 0 Å². The zero-order chi connectivity index (χ0) is 4.50. The van der Waals surface area contributed by atoms with Crippen molar-refractivity contribution >= 4 is 34.2 Å². The summed E-state index contributed by atoms with van der Waals surface area (Å²) >= 11 is 0. The molecule has 0 rings (SSSR count). The Morgan fingerprint density at radius 1 is 1.50 bits per heavy atom. The van der Waals surface area contributed by atoms with Crippen molar-refractivity contribution < 1.29 is 13.0 Å². The fraction of sp³-hybridized carbons (Fsp3) is 0. The van der Waals surface area contributed by atoms with Gasteiger partial charge in [0.25, 0.3) is 0 Å². The van der Waals surface area contributed by atoms with Crippen LogP contribution < -0.4 is 5.14 Å². The standard InChI is InChI=1S/H3NO3S.Sn.2H/c1-5(2,3)4;;;/h(H3,1,2,3,4);;;. The van der Waals surface area contributed by atoms with Gasteiger partial charge in [0, 0.05) is 0 Å². The summed E-state index contributed by atoms with van der Waals surface area (Å²) in [5.41, 5.74) is 0. The van der Waals surface area contributed by atoms with Gasteiger partial charge in [-0.15, -0.1) is 0 Å². The third-order valence-electron chi connectivity index (χ3n) is 0. The monoisotopic (exact) mass is 219 g/mol. The third kappa shape index (κ3) is 141. The molecule has 0 aromatic carbocycles. The molecule has 2 radical (unpaired) electrons. The van der Waals surface area contributed by atoms with Crippen LogP contribution in [-0.4, -0.2) is 36.9 Å². The summed E-state index contributed by atoms with van der Waals surface area (Å²) in [4.78, 5) is 0. The van der Waals surface area contributed by atoms with Gasteiger partial charge < -0.3 is 0 Å². The summed E-state index contributed by atoms with van der Waals surface area (Å²) in [5.74, 6) is 0. The van der Waals surface area contributed by atoms with Crippen LogP contribution in [-0.2, 0) is 10.3 Å². The molecule has 0 aromatic rings. The summed E-state index contributed by atoms with van der Waals surface area (Å²) in [5, 5.41) is 3.88. The zero-order valence-electron chi connectivity index (χ0n) is 2.96.